The van der Waals surface area contributed by atoms with Crippen LogP contribution in [-0.4, -0.2) is 30.9 Å². The SMILES string of the molecule is C=C(C(=O)NO)c1ccc(Cn2ncc3c(-c4ccco4)nc(N)nc32)cc1. The Labute approximate surface area is 159 Å². The van der Waals surface area contributed by atoms with E-state index in [0.717, 1.165) is 10.9 Å². The lowest BCUT2D eigenvalue weighted by molar-refractivity contribution is -0.123. The molecular formula is C19H16N6O3. The number of hydrogen-bond acceptors (Lipinski definition) is 7. The zero-order valence-electron chi connectivity index (χ0n) is 14.7. The fourth-order valence-corrected chi connectivity index (χ4v) is 2.87. The van der Waals surface area contributed by atoms with Gasteiger partial charge in [0, 0.05) is 5.57 Å². The fraction of sp³-hybridized carbons (Fsp3) is 0.0526. The van der Waals surface area contributed by atoms with Gasteiger partial charge in [0.2, 0.25) is 5.95 Å². The van der Waals surface area contributed by atoms with Gasteiger partial charge in [-0.3, -0.25) is 10.0 Å². The molecule has 3 aromatic heterocycles. The van der Waals surface area contributed by atoms with E-state index in [1.165, 1.54) is 0 Å². The summed E-state index contributed by atoms with van der Waals surface area (Å²) in [4.78, 5) is 20.0. The van der Waals surface area contributed by atoms with E-state index in [1.54, 1.807) is 46.9 Å². The predicted molar refractivity (Wildman–Crippen MR) is 102 cm³/mol. The van der Waals surface area contributed by atoms with E-state index >= 15 is 0 Å². The number of nitrogens with zero attached hydrogens (tertiary/aromatic N) is 4. The van der Waals surface area contributed by atoms with Crippen LogP contribution in [0, 0.1) is 0 Å². The number of anilines is 1. The van der Waals surface area contributed by atoms with E-state index < -0.39 is 5.91 Å². The molecule has 0 aliphatic heterocycles. The van der Waals surface area contributed by atoms with Crippen molar-refractivity contribution in [1.82, 2.24) is 25.2 Å². The number of nitrogens with one attached hydrogen (secondary N) is 1. The van der Waals surface area contributed by atoms with Crippen molar-refractivity contribution in [1.29, 1.82) is 0 Å². The Morgan fingerprint density at radius 2 is 2.04 bits per heavy atom. The largest absolute Gasteiger partial charge is 0.463 e. The first-order chi connectivity index (χ1) is 13.6. The van der Waals surface area contributed by atoms with Gasteiger partial charge in [0.1, 0.15) is 5.69 Å². The highest BCUT2D eigenvalue weighted by molar-refractivity contribution is 6.18. The van der Waals surface area contributed by atoms with E-state index in [2.05, 4.69) is 21.6 Å². The molecule has 0 fully saturated rings. The molecule has 140 valence electrons. The van der Waals surface area contributed by atoms with Crippen molar-refractivity contribution in [2.45, 2.75) is 6.54 Å². The van der Waals surface area contributed by atoms with Gasteiger partial charge in [0.25, 0.3) is 5.91 Å². The lowest BCUT2D eigenvalue weighted by Crippen LogP contribution is -2.19. The second-order valence-corrected chi connectivity index (χ2v) is 6.06. The molecule has 0 radical (unpaired) electrons. The van der Waals surface area contributed by atoms with Gasteiger partial charge in [-0.25, -0.2) is 15.1 Å². The Morgan fingerprint density at radius 1 is 1.25 bits per heavy atom. The number of amides is 1. The zero-order chi connectivity index (χ0) is 19.7. The van der Waals surface area contributed by atoms with E-state index in [-0.39, 0.29) is 11.5 Å². The molecular weight excluding hydrogens is 360 g/mol. The Balaban J connectivity index is 1.66. The number of fused-ring (bicyclic) bond motifs is 1. The van der Waals surface area contributed by atoms with Gasteiger partial charge in [-0.2, -0.15) is 10.1 Å². The van der Waals surface area contributed by atoms with Crippen LogP contribution >= 0.6 is 0 Å². The van der Waals surface area contributed by atoms with Crippen LogP contribution in [0.1, 0.15) is 11.1 Å². The first-order valence-corrected chi connectivity index (χ1v) is 8.32. The van der Waals surface area contributed by atoms with Crippen molar-refractivity contribution in [3.8, 4) is 11.5 Å². The first-order valence-electron chi connectivity index (χ1n) is 8.32. The number of nitrogen functional groups attached to an aromatic ring is 1. The molecule has 4 aromatic rings. The summed E-state index contributed by atoms with van der Waals surface area (Å²) in [6.45, 7) is 4.10. The molecule has 0 bridgehead atoms. The molecule has 0 aliphatic carbocycles. The van der Waals surface area contributed by atoms with E-state index in [0.29, 0.717) is 29.2 Å². The smallest absolute Gasteiger partial charge is 0.274 e. The Hall–Kier alpha value is -3.98. The van der Waals surface area contributed by atoms with Crippen molar-refractivity contribution in [2.75, 3.05) is 5.73 Å². The Bertz CT molecular complexity index is 1160. The molecule has 0 saturated carbocycles. The molecule has 0 aliphatic rings. The average molecular weight is 376 g/mol. The molecule has 0 unspecified atom stereocenters. The maximum atomic E-state index is 11.5. The minimum Gasteiger partial charge on any atom is -0.463 e. The molecule has 0 saturated heterocycles. The maximum absolute atomic E-state index is 11.5. The summed E-state index contributed by atoms with van der Waals surface area (Å²) in [5.74, 6) is 0.0643. The summed E-state index contributed by atoms with van der Waals surface area (Å²) in [7, 11) is 0. The van der Waals surface area contributed by atoms with Crippen LogP contribution in [0.5, 0.6) is 0 Å². The number of carbonyl (C=O) groups is 1. The fourth-order valence-electron chi connectivity index (χ4n) is 2.87. The van der Waals surface area contributed by atoms with Crippen molar-refractivity contribution in [2.24, 2.45) is 0 Å². The van der Waals surface area contributed by atoms with Gasteiger partial charge in [-0.1, -0.05) is 30.8 Å². The van der Waals surface area contributed by atoms with Crippen molar-refractivity contribution in [3.63, 3.8) is 0 Å². The van der Waals surface area contributed by atoms with Gasteiger partial charge >= 0.3 is 0 Å². The average Bonchev–Trinajstić information content (AvgIpc) is 3.37. The number of rotatable bonds is 5. The maximum Gasteiger partial charge on any atom is 0.274 e. The minimum atomic E-state index is -0.650. The highest BCUT2D eigenvalue weighted by Gasteiger charge is 2.15. The molecule has 4 N–H and O–H groups in total. The third-order valence-electron chi connectivity index (χ3n) is 4.28. The monoisotopic (exact) mass is 376 g/mol. The number of furan rings is 1. The molecule has 1 amide bonds. The highest BCUT2D eigenvalue weighted by Crippen LogP contribution is 2.27. The van der Waals surface area contributed by atoms with Crippen LogP contribution < -0.4 is 11.2 Å². The quantitative estimate of drug-likeness (QED) is 0.276. The van der Waals surface area contributed by atoms with Crippen LogP contribution in [0.3, 0.4) is 0 Å². The Kier molecular flexibility index (Phi) is 4.34. The summed E-state index contributed by atoms with van der Waals surface area (Å²) in [6.07, 6.45) is 3.24. The lowest BCUT2D eigenvalue weighted by Gasteiger charge is -2.07. The molecule has 1 aromatic carbocycles. The van der Waals surface area contributed by atoms with Crippen molar-refractivity contribution in [3.05, 3.63) is 66.6 Å². The van der Waals surface area contributed by atoms with Crippen LogP contribution in [0.4, 0.5) is 5.95 Å². The minimum absolute atomic E-state index is 0.127. The van der Waals surface area contributed by atoms with Crippen LogP contribution in [-0.2, 0) is 11.3 Å². The van der Waals surface area contributed by atoms with Crippen molar-refractivity contribution < 1.29 is 14.4 Å². The van der Waals surface area contributed by atoms with Crippen molar-refractivity contribution >= 4 is 28.5 Å². The number of hydrogen-bond donors (Lipinski definition) is 3. The van der Waals surface area contributed by atoms with Crippen LogP contribution in [0.15, 0.2) is 59.9 Å². The Morgan fingerprint density at radius 3 is 2.71 bits per heavy atom. The predicted octanol–water partition coefficient (Wildman–Crippen LogP) is 2.24. The second-order valence-electron chi connectivity index (χ2n) is 6.06. The van der Waals surface area contributed by atoms with Gasteiger partial charge in [-0.15, -0.1) is 0 Å². The van der Waals surface area contributed by atoms with E-state index in [4.69, 9.17) is 15.4 Å². The molecule has 0 atom stereocenters. The summed E-state index contributed by atoms with van der Waals surface area (Å²) in [6, 6.07) is 10.8. The molecule has 9 heteroatoms. The summed E-state index contributed by atoms with van der Waals surface area (Å²) < 4.78 is 7.15. The van der Waals surface area contributed by atoms with Crippen LogP contribution in [0.25, 0.3) is 28.1 Å². The normalized spacial score (nSPS) is 10.9. The molecule has 28 heavy (non-hydrogen) atoms. The van der Waals surface area contributed by atoms with Gasteiger partial charge in [0.05, 0.1) is 24.4 Å². The topological polar surface area (TPSA) is 132 Å². The number of nitrogens with two attached hydrogens (primary N) is 1. The molecule has 3 heterocycles. The standard InChI is InChI=1S/C19H16N6O3/c1-11(18(26)24-27)13-6-4-12(5-7-13)10-25-17-14(9-21-25)16(22-19(20)23-17)15-3-2-8-28-15/h2-9,27H,1,10H2,(H,24,26)(H2,20,22,23). The van der Waals surface area contributed by atoms with Gasteiger partial charge in [-0.05, 0) is 23.3 Å². The highest BCUT2D eigenvalue weighted by atomic mass is 16.5. The van der Waals surface area contributed by atoms with E-state index in [9.17, 15) is 4.79 Å². The summed E-state index contributed by atoms with van der Waals surface area (Å²) in [5.41, 5.74) is 10.3. The molecule has 4 rings (SSSR count). The third kappa shape index (κ3) is 3.10. The number of carbonyl (C=O) groups excluding carboxylic acids is 1. The van der Waals surface area contributed by atoms with Crippen LogP contribution in [0.2, 0.25) is 0 Å². The molecule has 9 nitrogen and oxygen atoms in total. The zero-order valence-corrected chi connectivity index (χ0v) is 14.7. The number of benzene rings is 1. The van der Waals surface area contributed by atoms with E-state index in [1.807, 2.05) is 12.1 Å². The number of aromatic nitrogens is 4. The van der Waals surface area contributed by atoms with Gasteiger partial charge in [0.15, 0.2) is 11.4 Å². The van der Waals surface area contributed by atoms with Gasteiger partial charge < -0.3 is 10.2 Å². The first kappa shape index (κ1) is 17.4. The number of hydroxylamine groups is 1. The summed E-state index contributed by atoms with van der Waals surface area (Å²) >= 11 is 0. The molecule has 0 spiro atoms. The third-order valence-corrected chi connectivity index (χ3v) is 4.28. The lowest BCUT2D eigenvalue weighted by atomic mass is 10.1. The second kappa shape index (κ2) is 6.97. The summed E-state index contributed by atoms with van der Waals surface area (Å²) in [5, 5.41) is 13.8.